The molecule has 1 heterocycles. The summed E-state index contributed by atoms with van der Waals surface area (Å²) in [6.07, 6.45) is 2.84. The third-order valence-corrected chi connectivity index (χ3v) is 3.30. The normalized spacial score (nSPS) is 10.8. The van der Waals surface area contributed by atoms with Crippen molar-refractivity contribution in [3.63, 3.8) is 0 Å². The number of nitrogens with two attached hydrogens (primary N) is 1. The van der Waals surface area contributed by atoms with Gasteiger partial charge in [0.25, 0.3) is 0 Å². The topological polar surface area (TPSA) is 43.8 Å². The van der Waals surface area contributed by atoms with E-state index in [2.05, 4.69) is 47.9 Å². The predicted molar refractivity (Wildman–Crippen MR) is 75.5 cm³/mol. The number of nitrogen functional groups attached to an aromatic ring is 1. The summed E-state index contributed by atoms with van der Waals surface area (Å²) in [5, 5.41) is 4.61. The summed E-state index contributed by atoms with van der Waals surface area (Å²) < 4.78 is 2.07. The molecule has 2 N–H and O–H groups in total. The maximum absolute atomic E-state index is 6.11. The second-order valence-electron chi connectivity index (χ2n) is 4.47. The van der Waals surface area contributed by atoms with Crippen LogP contribution in [0, 0.1) is 0 Å². The summed E-state index contributed by atoms with van der Waals surface area (Å²) in [6, 6.07) is 10.5. The van der Waals surface area contributed by atoms with Gasteiger partial charge < -0.3 is 5.73 Å². The Morgan fingerprint density at radius 1 is 1.11 bits per heavy atom. The fraction of sp³-hybridized carbons (Fsp3) is 0.400. The molecule has 0 amide bonds. The van der Waals surface area contributed by atoms with Crippen LogP contribution < -0.4 is 5.73 Å². The van der Waals surface area contributed by atoms with E-state index in [0.717, 1.165) is 37.2 Å². The van der Waals surface area contributed by atoms with Gasteiger partial charge in [0, 0.05) is 6.54 Å². The number of hydrogen-bond donors (Lipinski definition) is 1. The van der Waals surface area contributed by atoms with Crippen molar-refractivity contribution >= 4 is 5.69 Å². The van der Waals surface area contributed by atoms with Gasteiger partial charge in [0.15, 0.2) is 0 Å². The first-order valence-corrected chi connectivity index (χ1v) is 6.64. The highest BCUT2D eigenvalue weighted by Crippen LogP contribution is 2.18. The van der Waals surface area contributed by atoms with E-state index >= 15 is 0 Å². The van der Waals surface area contributed by atoms with E-state index < -0.39 is 0 Å². The lowest BCUT2D eigenvalue weighted by atomic mass is 10.1. The summed E-state index contributed by atoms with van der Waals surface area (Å²) in [5.41, 5.74) is 10.5. The summed E-state index contributed by atoms with van der Waals surface area (Å²) in [6.45, 7) is 5.13. The van der Waals surface area contributed by atoms with Crippen molar-refractivity contribution in [2.45, 2.75) is 39.7 Å². The number of anilines is 1. The first-order chi connectivity index (χ1) is 8.76. The van der Waals surface area contributed by atoms with Gasteiger partial charge in [0.05, 0.1) is 17.1 Å². The lowest BCUT2D eigenvalue weighted by Crippen LogP contribution is -2.07. The SMILES string of the molecule is CCc1nn(CCc2ccccc2)c(CC)c1N. The minimum atomic E-state index is 0.882. The minimum Gasteiger partial charge on any atom is -0.396 e. The molecule has 1 aromatic carbocycles. The smallest absolute Gasteiger partial charge is 0.0854 e. The van der Waals surface area contributed by atoms with Crippen LogP contribution in [-0.4, -0.2) is 9.78 Å². The average molecular weight is 243 g/mol. The molecule has 0 spiro atoms. The lowest BCUT2D eigenvalue weighted by Gasteiger charge is -2.06. The fourth-order valence-corrected chi connectivity index (χ4v) is 2.26. The quantitative estimate of drug-likeness (QED) is 0.877. The summed E-state index contributed by atoms with van der Waals surface area (Å²) in [4.78, 5) is 0. The Morgan fingerprint density at radius 2 is 1.83 bits per heavy atom. The van der Waals surface area contributed by atoms with E-state index in [4.69, 9.17) is 5.73 Å². The number of aryl methyl sites for hydroxylation is 3. The van der Waals surface area contributed by atoms with Crippen molar-refractivity contribution in [2.75, 3.05) is 5.73 Å². The van der Waals surface area contributed by atoms with Crippen LogP contribution in [0.1, 0.15) is 30.8 Å². The van der Waals surface area contributed by atoms with Crippen molar-refractivity contribution in [2.24, 2.45) is 0 Å². The molecule has 0 aliphatic carbocycles. The Hall–Kier alpha value is -1.77. The number of benzene rings is 1. The molecule has 0 atom stereocenters. The van der Waals surface area contributed by atoms with Crippen molar-refractivity contribution in [1.82, 2.24) is 9.78 Å². The molecule has 0 bridgehead atoms. The Balaban J connectivity index is 2.14. The van der Waals surface area contributed by atoms with Crippen molar-refractivity contribution in [3.05, 3.63) is 47.3 Å². The Kier molecular flexibility index (Phi) is 4.03. The molecular weight excluding hydrogens is 222 g/mol. The van der Waals surface area contributed by atoms with Gasteiger partial charge in [0.1, 0.15) is 0 Å². The van der Waals surface area contributed by atoms with Crippen LogP contribution in [0.5, 0.6) is 0 Å². The zero-order valence-corrected chi connectivity index (χ0v) is 11.2. The van der Waals surface area contributed by atoms with E-state index in [9.17, 15) is 0 Å². The van der Waals surface area contributed by atoms with Crippen LogP contribution in [-0.2, 0) is 25.8 Å². The largest absolute Gasteiger partial charge is 0.396 e. The standard InChI is InChI=1S/C15H21N3/c1-3-13-15(16)14(4-2)18(17-13)11-10-12-8-6-5-7-9-12/h5-9H,3-4,10-11,16H2,1-2H3. The molecule has 3 heteroatoms. The van der Waals surface area contributed by atoms with Gasteiger partial charge in [-0.3, -0.25) is 4.68 Å². The third kappa shape index (κ3) is 2.55. The highest BCUT2D eigenvalue weighted by molar-refractivity contribution is 5.48. The molecule has 0 saturated carbocycles. The van der Waals surface area contributed by atoms with Crippen LogP contribution in [0.15, 0.2) is 30.3 Å². The number of rotatable bonds is 5. The van der Waals surface area contributed by atoms with Crippen molar-refractivity contribution < 1.29 is 0 Å². The van der Waals surface area contributed by atoms with Gasteiger partial charge in [-0.2, -0.15) is 5.10 Å². The molecule has 2 aromatic rings. The maximum atomic E-state index is 6.11. The van der Waals surface area contributed by atoms with Crippen LogP contribution in [0.25, 0.3) is 0 Å². The molecule has 1 aromatic heterocycles. The summed E-state index contributed by atoms with van der Waals surface area (Å²) in [7, 11) is 0. The number of nitrogens with zero attached hydrogens (tertiary/aromatic N) is 2. The molecule has 0 aliphatic heterocycles. The molecule has 0 fully saturated rings. The summed E-state index contributed by atoms with van der Waals surface area (Å²) in [5.74, 6) is 0. The molecule has 0 aliphatic rings. The van der Waals surface area contributed by atoms with E-state index in [1.165, 1.54) is 11.3 Å². The first kappa shape index (κ1) is 12.7. The van der Waals surface area contributed by atoms with E-state index in [1.807, 2.05) is 6.07 Å². The van der Waals surface area contributed by atoms with Gasteiger partial charge in [-0.15, -0.1) is 0 Å². The van der Waals surface area contributed by atoms with Gasteiger partial charge in [-0.25, -0.2) is 0 Å². The first-order valence-electron chi connectivity index (χ1n) is 6.64. The third-order valence-electron chi connectivity index (χ3n) is 3.30. The van der Waals surface area contributed by atoms with Crippen molar-refractivity contribution in [1.29, 1.82) is 0 Å². The highest BCUT2D eigenvalue weighted by atomic mass is 15.3. The van der Waals surface area contributed by atoms with Gasteiger partial charge in [-0.1, -0.05) is 44.2 Å². The molecule has 0 saturated heterocycles. The zero-order valence-electron chi connectivity index (χ0n) is 11.2. The number of aromatic nitrogens is 2. The average Bonchev–Trinajstić information content (AvgIpc) is 2.73. The van der Waals surface area contributed by atoms with Gasteiger partial charge >= 0.3 is 0 Å². The molecule has 3 nitrogen and oxygen atoms in total. The van der Waals surface area contributed by atoms with Crippen LogP contribution in [0.2, 0.25) is 0 Å². The predicted octanol–water partition coefficient (Wildman–Crippen LogP) is 2.83. The van der Waals surface area contributed by atoms with Gasteiger partial charge in [-0.05, 0) is 24.8 Å². The monoisotopic (exact) mass is 243 g/mol. The second kappa shape index (κ2) is 5.71. The maximum Gasteiger partial charge on any atom is 0.0854 e. The molecular formula is C15H21N3. The van der Waals surface area contributed by atoms with E-state index in [0.29, 0.717) is 0 Å². The van der Waals surface area contributed by atoms with Crippen LogP contribution in [0.3, 0.4) is 0 Å². The zero-order chi connectivity index (χ0) is 13.0. The Morgan fingerprint density at radius 3 is 2.44 bits per heavy atom. The molecule has 96 valence electrons. The Labute approximate surface area is 109 Å². The molecule has 0 unspecified atom stereocenters. The molecule has 2 rings (SSSR count). The van der Waals surface area contributed by atoms with E-state index in [1.54, 1.807) is 0 Å². The van der Waals surface area contributed by atoms with Crippen LogP contribution >= 0.6 is 0 Å². The van der Waals surface area contributed by atoms with Gasteiger partial charge in [0.2, 0.25) is 0 Å². The molecule has 0 radical (unpaired) electrons. The van der Waals surface area contributed by atoms with E-state index in [-0.39, 0.29) is 0 Å². The molecule has 18 heavy (non-hydrogen) atoms. The number of hydrogen-bond acceptors (Lipinski definition) is 2. The Bertz CT molecular complexity index is 500. The van der Waals surface area contributed by atoms with Crippen LogP contribution in [0.4, 0.5) is 5.69 Å². The second-order valence-corrected chi connectivity index (χ2v) is 4.47. The lowest BCUT2D eigenvalue weighted by molar-refractivity contribution is 0.581. The van der Waals surface area contributed by atoms with Crippen molar-refractivity contribution in [3.8, 4) is 0 Å². The fourth-order valence-electron chi connectivity index (χ4n) is 2.26. The highest BCUT2D eigenvalue weighted by Gasteiger charge is 2.11. The summed E-state index contributed by atoms with van der Waals surface area (Å²) >= 11 is 0. The minimum absolute atomic E-state index is 0.882.